The molecule has 0 aliphatic heterocycles. The van der Waals surface area contributed by atoms with Crippen LogP contribution in [0.4, 0.5) is 5.69 Å². The van der Waals surface area contributed by atoms with Crippen molar-refractivity contribution in [3.63, 3.8) is 0 Å². The van der Waals surface area contributed by atoms with E-state index < -0.39 is 0 Å². The maximum atomic E-state index is 12.6. The highest BCUT2D eigenvalue weighted by molar-refractivity contribution is 6.05. The van der Waals surface area contributed by atoms with Gasteiger partial charge >= 0.3 is 0 Å². The number of imidazole rings is 1. The standard InChI is InChI=1S/C22H23N5O2/c1-13(2)22-25-20(26-29-22)11-15-5-8-17(9-6-15)24-21(28)16-7-10-19-18(12-16)23-14(3)27(19)4/h5-10,12-13H,11H2,1-4H3,(H,24,28). The molecule has 0 unspecified atom stereocenters. The van der Waals surface area contributed by atoms with Crippen molar-refractivity contribution < 1.29 is 9.32 Å². The lowest BCUT2D eigenvalue weighted by atomic mass is 10.1. The Morgan fingerprint density at radius 1 is 1.14 bits per heavy atom. The molecule has 2 heterocycles. The Kier molecular flexibility index (Phi) is 4.88. The van der Waals surface area contributed by atoms with Gasteiger partial charge in [0.25, 0.3) is 5.91 Å². The van der Waals surface area contributed by atoms with Crippen molar-refractivity contribution in [3.8, 4) is 0 Å². The molecule has 0 saturated heterocycles. The van der Waals surface area contributed by atoms with E-state index in [1.54, 1.807) is 0 Å². The van der Waals surface area contributed by atoms with Gasteiger partial charge in [0.05, 0.1) is 11.0 Å². The van der Waals surface area contributed by atoms with Crippen molar-refractivity contribution in [2.45, 2.75) is 33.1 Å². The van der Waals surface area contributed by atoms with Crippen LogP contribution in [0.1, 0.15) is 53.2 Å². The molecule has 0 saturated carbocycles. The average Bonchev–Trinajstić information content (AvgIpc) is 3.28. The normalized spacial score (nSPS) is 11.3. The number of rotatable bonds is 5. The first-order valence-electron chi connectivity index (χ1n) is 9.56. The highest BCUT2D eigenvalue weighted by atomic mass is 16.5. The van der Waals surface area contributed by atoms with Gasteiger partial charge in [0, 0.05) is 30.6 Å². The minimum Gasteiger partial charge on any atom is -0.339 e. The molecule has 29 heavy (non-hydrogen) atoms. The number of fused-ring (bicyclic) bond motifs is 1. The quantitative estimate of drug-likeness (QED) is 0.552. The molecule has 2 aromatic carbocycles. The smallest absolute Gasteiger partial charge is 0.255 e. The van der Waals surface area contributed by atoms with Crippen molar-refractivity contribution in [2.24, 2.45) is 7.05 Å². The van der Waals surface area contributed by atoms with Crippen LogP contribution in [-0.4, -0.2) is 25.6 Å². The van der Waals surface area contributed by atoms with Gasteiger partial charge in [0.2, 0.25) is 5.89 Å². The number of carbonyl (C=O) groups is 1. The van der Waals surface area contributed by atoms with Crippen LogP contribution in [0, 0.1) is 6.92 Å². The number of benzene rings is 2. The van der Waals surface area contributed by atoms with Crippen LogP contribution in [-0.2, 0) is 13.5 Å². The van der Waals surface area contributed by atoms with Gasteiger partial charge in [0.15, 0.2) is 5.82 Å². The Hall–Kier alpha value is -3.48. The van der Waals surface area contributed by atoms with E-state index in [0.717, 1.165) is 28.1 Å². The zero-order chi connectivity index (χ0) is 20.5. The summed E-state index contributed by atoms with van der Waals surface area (Å²) >= 11 is 0. The number of aryl methyl sites for hydroxylation is 2. The molecular weight excluding hydrogens is 366 g/mol. The van der Waals surface area contributed by atoms with Gasteiger partial charge in [0.1, 0.15) is 5.82 Å². The highest BCUT2D eigenvalue weighted by Crippen LogP contribution is 2.19. The zero-order valence-corrected chi connectivity index (χ0v) is 16.9. The zero-order valence-electron chi connectivity index (χ0n) is 16.9. The second-order valence-electron chi connectivity index (χ2n) is 7.45. The first kappa shape index (κ1) is 18.9. The number of carbonyl (C=O) groups excluding carboxylic acids is 1. The number of hydrogen-bond acceptors (Lipinski definition) is 5. The lowest BCUT2D eigenvalue weighted by Crippen LogP contribution is -2.11. The van der Waals surface area contributed by atoms with Crippen molar-refractivity contribution >= 4 is 22.6 Å². The van der Waals surface area contributed by atoms with Crippen LogP contribution < -0.4 is 5.32 Å². The third-order valence-electron chi connectivity index (χ3n) is 4.92. The van der Waals surface area contributed by atoms with Crippen LogP contribution in [0.15, 0.2) is 47.0 Å². The Bertz CT molecular complexity index is 1170. The van der Waals surface area contributed by atoms with Crippen molar-refractivity contribution in [1.29, 1.82) is 0 Å². The minimum atomic E-state index is -0.164. The molecule has 2 aromatic heterocycles. The van der Waals surface area contributed by atoms with E-state index in [1.165, 1.54) is 0 Å². The monoisotopic (exact) mass is 389 g/mol. The topological polar surface area (TPSA) is 85.8 Å². The molecule has 148 valence electrons. The summed E-state index contributed by atoms with van der Waals surface area (Å²) < 4.78 is 7.24. The predicted octanol–water partition coefficient (Wildman–Crippen LogP) is 4.23. The molecular formula is C22H23N5O2. The Balaban J connectivity index is 1.44. The SMILES string of the molecule is Cc1nc2cc(C(=O)Nc3ccc(Cc4noc(C(C)C)n4)cc3)ccc2n1C. The van der Waals surface area contributed by atoms with Gasteiger partial charge in [-0.25, -0.2) is 4.98 Å². The number of nitrogens with zero attached hydrogens (tertiary/aromatic N) is 4. The molecule has 0 aliphatic carbocycles. The molecule has 1 amide bonds. The Morgan fingerprint density at radius 2 is 1.90 bits per heavy atom. The summed E-state index contributed by atoms with van der Waals surface area (Å²) in [5, 5.41) is 6.94. The van der Waals surface area contributed by atoms with E-state index in [9.17, 15) is 4.79 Å². The van der Waals surface area contributed by atoms with Crippen LogP contribution >= 0.6 is 0 Å². The lowest BCUT2D eigenvalue weighted by Gasteiger charge is -2.06. The summed E-state index contributed by atoms with van der Waals surface area (Å²) in [5.41, 5.74) is 4.17. The maximum Gasteiger partial charge on any atom is 0.255 e. The first-order valence-corrected chi connectivity index (χ1v) is 9.56. The summed E-state index contributed by atoms with van der Waals surface area (Å²) in [7, 11) is 1.96. The minimum absolute atomic E-state index is 0.164. The van der Waals surface area contributed by atoms with Gasteiger partial charge in [-0.3, -0.25) is 4.79 Å². The third-order valence-corrected chi connectivity index (χ3v) is 4.92. The molecule has 1 N–H and O–H groups in total. The molecule has 7 nitrogen and oxygen atoms in total. The summed E-state index contributed by atoms with van der Waals surface area (Å²) in [6.07, 6.45) is 0.583. The molecule has 0 aliphatic rings. The Morgan fingerprint density at radius 3 is 2.59 bits per heavy atom. The first-order chi connectivity index (χ1) is 13.9. The van der Waals surface area contributed by atoms with E-state index >= 15 is 0 Å². The average molecular weight is 389 g/mol. The highest BCUT2D eigenvalue weighted by Gasteiger charge is 2.12. The van der Waals surface area contributed by atoms with Gasteiger partial charge < -0.3 is 14.4 Å². The fourth-order valence-corrected chi connectivity index (χ4v) is 3.13. The predicted molar refractivity (Wildman–Crippen MR) is 111 cm³/mol. The number of amides is 1. The van der Waals surface area contributed by atoms with Crippen molar-refractivity contribution in [1.82, 2.24) is 19.7 Å². The number of nitrogens with one attached hydrogen (secondary N) is 1. The van der Waals surface area contributed by atoms with Crippen LogP contribution in [0.2, 0.25) is 0 Å². The molecule has 4 rings (SSSR count). The van der Waals surface area contributed by atoms with E-state index in [1.807, 2.05) is 74.9 Å². The van der Waals surface area contributed by atoms with Gasteiger partial charge in [-0.15, -0.1) is 0 Å². The second kappa shape index (κ2) is 7.50. The molecule has 0 spiro atoms. The largest absolute Gasteiger partial charge is 0.339 e. The number of aromatic nitrogens is 4. The maximum absolute atomic E-state index is 12.6. The number of hydrogen-bond donors (Lipinski definition) is 1. The fraction of sp³-hybridized carbons (Fsp3) is 0.273. The van der Waals surface area contributed by atoms with Gasteiger partial charge in [-0.1, -0.05) is 31.1 Å². The van der Waals surface area contributed by atoms with Crippen LogP contribution in [0.3, 0.4) is 0 Å². The fourth-order valence-electron chi connectivity index (χ4n) is 3.13. The molecule has 0 radical (unpaired) electrons. The van der Waals surface area contributed by atoms with E-state index in [4.69, 9.17) is 4.52 Å². The lowest BCUT2D eigenvalue weighted by molar-refractivity contribution is 0.102. The summed E-state index contributed by atoms with van der Waals surface area (Å²) in [4.78, 5) is 21.5. The third kappa shape index (κ3) is 3.89. The molecule has 4 aromatic rings. The Labute approximate surface area is 168 Å². The molecule has 0 atom stereocenters. The van der Waals surface area contributed by atoms with Crippen LogP contribution in [0.25, 0.3) is 11.0 Å². The van der Waals surface area contributed by atoms with E-state index in [-0.39, 0.29) is 11.8 Å². The summed E-state index contributed by atoms with van der Waals surface area (Å²) in [6.45, 7) is 5.97. The van der Waals surface area contributed by atoms with E-state index in [0.29, 0.717) is 23.7 Å². The molecule has 7 heteroatoms. The van der Waals surface area contributed by atoms with Gasteiger partial charge in [-0.05, 0) is 42.8 Å². The number of anilines is 1. The van der Waals surface area contributed by atoms with Crippen molar-refractivity contribution in [3.05, 3.63) is 71.1 Å². The molecule has 0 fully saturated rings. The van der Waals surface area contributed by atoms with E-state index in [2.05, 4.69) is 20.4 Å². The summed E-state index contributed by atoms with van der Waals surface area (Å²) in [5.74, 6) is 2.26. The summed E-state index contributed by atoms with van der Waals surface area (Å²) in [6, 6.07) is 13.2. The van der Waals surface area contributed by atoms with Gasteiger partial charge in [-0.2, -0.15) is 4.98 Å². The van der Waals surface area contributed by atoms with Crippen LogP contribution in [0.5, 0.6) is 0 Å². The molecule has 0 bridgehead atoms. The van der Waals surface area contributed by atoms with Crippen molar-refractivity contribution in [2.75, 3.05) is 5.32 Å². The second-order valence-corrected chi connectivity index (χ2v) is 7.45.